The lowest BCUT2D eigenvalue weighted by molar-refractivity contribution is 0.0993. The number of carbonyl (C=O) groups is 2. The lowest BCUT2D eigenvalue weighted by Crippen LogP contribution is -2.19. The molecule has 3 aromatic carbocycles. The standard InChI is InChI=1S/C28H23FN2O2/c29-22-14-12-21(13-15-22)27(33)25-23(18-24(32)19-8-3-1-4-9-19)26(20-10-5-2-6-11-20)31-17-7-16-30-28(25)31/h1-6,8-15,30H,7,16-18H2. The van der Waals surface area contributed by atoms with Gasteiger partial charge in [0.15, 0.2) is 11.6 Å². The predicted octanol–water partition coefficient (Wildman–Crippen LogP) is 5.77. The van der Waals surface area contributed by atoms with Crippen LogP contribution < -0.4 is 5.32 Å². The molecule has 2 heterocycles. The summed E-state index contributed by atoms with van der Waals surface area (Å²) in [6.07, 6.45) is 1.01. The van der Waals surface area contributed by atoms with Gasteiger partial charge in [0.1, 0.15) is 11.6 Å². The van der Waals surface area contributed by atoms with Gasteiger partial charge in [0.25, 0.3) is 0 Å². The number of nitrogens with one attached hydrogen (secondary N) is 1. The largest absolute Gasteiger partial charge is 0.371 e. The number of benzene rings is 3. The second-order valence-electron chi connectivity index (χ2n) is 8.15. The number of hydrogen-bond acceptors (Lipinski definition) is 3. The lowest BCUT2D eigenvalue weighted by atomic mass is 9.93. The lowest BCUT2D eigenvalue weighted by Gasteiger charge is -2.20. The minimum Gasteiger partial charge on any atom is -0.371 e. The van der Waals surface area contributed by atoms with Gasteiger partial charge in [-0.2, -0.15) is 0 Å². The van der Waals surface area contributed by atoms with Gasteiger partial charge in [-0.05, 0) is 41.8 Å². The number of carbonyl (C=O) groups excluding carboxylic acids is 2. The summed E-state index contributed by atoms with van der Waals surface area (Å²) < 4.78 is 15.6. The molecule has 1 aliphatic rings. The van der Waals surface area contributed by atoms with E-state index in [0.29, 0.717) is 22.3 Å². The number of Topliss-reactive ketones (excluding diaryl/α,β-unsaturated/α-hetero) is 1. The highest BCUT2D eigenvalue weighted by molar-refractivity contribution is 6.15. The van der Waals surface area contributed by atoms with E-state index in [4.69, 9.17) is 0 Å². The van der Waals surface area contributed by atoms with Crippen LogP contribution in [0, 0.1) is 5.82 Å². The van der Waals surface area contributed by atoms with Crippen LogP contribution in [0.5, 0.6) is 0 Å². The third kappa shape index (κ3) is 3.98. The van der Waals surface area contributed by atoms with Crippen molar-refractivity contribution in [2.24, 2.45) is 0 Å². The van der Waals surface area contributed by atoms with E-state index in [2.05, 4.69) is 9.88 Å². The fourth-order valence-corrected chi connectivity index (χ4v) is 4.50. The van der Waals surface area contributed by atoms with E-state index in [9.17, 15) is 14.0 Å². The number of nitrogens with zero attached hydrogens (tertiary/aromatic N) is 1. The molecule has 0 saturated heterocycles. The van der Waals surface area contributed by atoms with Gasteiger partial charge < -0.3 is 9.88 Å². The van der Waals surface area contributed by atoms with Crippen LogP contribution in [0.3, 0.4) is 0 Å². The van der Waals surface area contributed by atoms with Crippen LogP contribution in [-0.2, 0) is 13.0 Å². The average Bonchev–Trinajstić information content (AvgIpc) is 3.18. The summed E-state index contributed by atoms with van der Waals surface area (Å²) in [6, 6.07) is 24.5. The van der Waals surface area contributed by atoms with Crippen molar-refractivity contribution < 1.29 is 14.0 Å². The van der Waals surface area contributed by atoms with E-state index < -0.39 is 5.82 Å². The number of aromatic nitrogens is 1. The zero-order chi connectivity index (χ0) is 22.8. The molecule has 5 heteroatoms. The first kappa shape index (κ1) is 20.9. The summed E-state index contributed by atoms with van der Waals surface area (Å²) >= 11 is 0. The van der Waals surface area contributed by atoms with Crippen molar-refractivity contribution in [1.29, 1.82) is 0 Å². The molecule has 164 valence electrons. The van der Waals surface area contributed by atoms with Crippen molar-refractivity contribution >= 4 is 17.4 Å². The molecule has 0 spiro atoms. The quantitative estimate of drug-likeness (QED) is 0.389. The summed E-state index contributed by atoms with van der Waals surface area (Å²) in [5, 5.41) is 3.39. The number of rotatable bonds is 6. The Morgan fingerprint density at radius 3 is 2.21 bits per heavy atom. The SMILES string of the molecule is O=C(Cc1c(C(=O)c2ccc(F)cc2)c2n(c1-c1ccccc1)CCCN2)c1ccccc1. The minimum atomic E-state index is -0.395. The van der Waals surface area contributed by atoms with Gasteiger partial charge in [0.05, 0.1) is 11.3 Å². The summed E-state index contributed by atoms with van der Waals surface area (Å²) in [7, 11) is 0. The normalized spacial score (nSPS) is 12.6. The maximum absolute atomic E-state index is 13.7. The van der Waals surface area contributed by atoms with Crippen LogP contribution in [-0.4, -0.2) is 22.7 Å². The first-order valence-electron chi connectivity index (χ1n) is 11.1. The first-order chi connectivity index (χ1) is 16.1. The number of ketones is 2. The monoisotopic (exact) mass is 438 g/mol. The molecule has 0 atom stereocenters. The average molecular weight is 439 g/mol. The highest BCUT2D eigenvalue weighted by Gasteiger charge is 2.31. The first-order valence-corrected chi connectivity index (χ1v) is 11.1. The molecule has 0 bridgehead atoms. The van der Waals surface area contributed by atoms with Crippen LogP contribution in [0.4, 0.5) is 10.2 Å². The zero-order valence-electron chi connectivity index (χ0n) is 18.1. The van der Waals surface area contributed by atoms with Gasteiger partial charge in [-0.15, -0.1) is 0 Å². The van der Waals surface area contributed by atoms with Gasteiger partial charge in [0.2, 0.25) is 0 Å². The van der Waals surface area contributed by atoms with E-state index in [1.807, 2.05) is 48.5 Å². The van der Waals surface area contributed by atoms with E-state index in [1.54, 1.807) is 12.1 Å². The Kier molecular flexibility index (Phi) is 5.61. The molecule has 1 aliphatic heterocycles. The Morgan fingerprint density at radius 2 is 1.52 bits per heavy atom. The summed E-state index contributed by atoms with van der Waals surface area (Å²) in [5.74, 6) is 0.0633. The highest BCUT2D eigenvalue weighted by Crippen LogP contribution is 2.39. The minimum absolute atomic E-state index is 0.0520. The molecule has 0 unspecified atom stereocenters. The van der Waals surface area contributed by atoms with Crippen LogP contribution in [0.25, 0.3) is 11.3 Å². The number of anilines is 1. The molecule has 4 nitrogen and oxygen atoms in total. The van der Waals surface area contributed by atoms with Gasteiger partial charge in [0, 0.05) is 30.6 Å². The number of halogens is 1. The van der Waals surface area contributed by atoms with Crippen LogP contribution in [0.1, 0.15) is 38.3 Å². The van der Waals surface area contributed by atoms with Crippen LogP contribution >= 0.6 is 0 Å². The fraction of sp³-hybridized carbons (Fsp3) is 0.143. The zero-order valence-corrected chi connectivity index (χ0v) is 18.1. The van der Waals surface area contributed by atoms with Crippen molar-refractivity contribution in [2.75, 3.05) is 11.9 Å². The molecular formula is C28H23FN2O2. The third-order valence-corrected chi connectivity index (χ3v) is 6.03. The summed E-state index contributed by atoms with van der Waals surface area (Å²) in [5.41, 5.74) is 4.03. The van der Waals surface area contributed by atoms with Crippen LogP contribution in [0.2, 0.25) is 0 Å². The Hall–Kier alpha value is -3.99. The molecule has 33 heavy (non-hydrogen) atoms. The van der Waals surface area contributed by atoms with E-state index in [-0.39, 0.29) is 18.0 Å². The Balaban J connectivity index is 1.71. The van der Waals surface area contributed by atoms with E-state index >= 15 is 0 Å². The van der Waals surface area contributed by atoms with Gasteiger partial charge in [-0.25, -0.2) is 4.39 Å². The third-order valence-electron chi connectivity index (χ3n) is 6.03. The van der Waals surface area contributed by atoms with E-state index in [1.165, 1.54) is 24.3 Å². The summed E-state index contributed by atoms with van der Waals surface area (Å²) in [6.45, 7) is 1.49. The van der Waals surface area contributed by atoms with Crippen molar-refractivity contribution in [2.45, 2.75) is 19.4 Å². The Bertz CT molecular complexity index is 1310. The van der Waals surface area contributed by atoms with Crippen molar-refractivity contribution in [3.8, 4) is 11.3 Å². The molecule has 0 aliphatic carbocycles. The second-order valence-corrected chi connectivity index (χ2v) is 8.15. The van der Waals surface area contributed by atoms with Crippen molar-refractivity contribution in [3.63, 3.8) is 0 Å². The molecule has 0 fully saturated rings. The highest BCUT2D eigenvalue weighted by atomic mass is 19.1. The molecule has 0 saturated carbocycles. The molecular weight excluding hydrogens is 415 g/mol. The molecule has 1 N–H and O–H groups in total. The molecule has 1 aromatic heterocycles. The van der Waals surface area contributed by atoms with Crippen molar-refractivity contribution in [1.82, 2.24) is 4.57 Å². The number of fused-ring (bicyclic) bond motifs is 1. The number of hydrogen-bond donors (Lipinski definition) is 1. The predicted molar refractivity (Wildman–Crippen MR) is 127 cm³/mol. The molecule has 0 radical (unpaired) electrons. The maximum Gasteiger partial charge on any atom is 0.197 e. The molecule has 5 rings (SSSR count). The maximum atomic E-state index is 13.7. The molecule has 0 amide bonds. The second kappa shape index (κ2) is 8.87. The topological polar surface area (TPSA) is 51.1 Å². The summed E-state index contributed by atoms with van der Waals surface area (Å²) in [4.78, 5) is 27.0. The van der Waals surface area contributed by atoms with Crippen molar-refractivity contribution in [3.05, 3.63) is 113 Å². The van der Waals surface area contributed by atoms with E-state index in [0.717, 1.165) is 36.6 Å². The Morgan fingerprint density at radius 1 is 0.848 bits per heavy atom. The van der Waals surface area contributed by atoms with Gasteiger partial charge in [-0.1, -0.05) is 60.7 Å². The smallest absolute Gasteiger partial charge is 0.197 e. The fourth-order valence-electron chi connectivity index (χ4n) is 4.50. The Labute approximate surface area is 191 Å². The van der Waals surface area contributed by atoms with Crippen LogP contribution in [0.15, 0.2) is 84.9 Å². The van der Waals surface area contributed by atoms with Gasteiger partial charge >= 0.3 is 0 Å². The van der Waals surface area contributed by atoms with Gasteiger partial charge in [-0.3, -0.25) is 9.59 Å². The molecule has 4 aromatic rings.